The highest BCUT2D eigenvalue weighted by Crippen LogP contribution is 2.20. The van der Waals surface area contributed by atoms with Crippen molar-refractivity contribution >= 4 is 28.7 Å². The zero-order chi connectivity index (χ0) is 23.3. The van der Waals surface area contributed by atoms with Gasteiger partial charge in [0.05, 0.1) is 12.0 Å². The van der Waals surface area contributed by atoms with E-state index in [0.29, 0.717) is 48.1 Å². The molecule has 1 N–H and O–H groups in total. The van der Waals surface area contributed by atoms with Crippen LogP contribution in [-0.4, -0.2) is 64.3 Å². The average molecular weight is 460 g/mol. The van der Waals surface area contributed by atoms with Gasteiger partial charge in [-0.1, -0.05) is 12.1 Å². The lowest BCUT2D eigenvalue weighted by molar-refractivity contribution is 0.0195. The quantitative estimate of drug-likeness (QED) is 0.739. The fraction of sp³-hybridized carbons (Fsp3) is 0.391. The first-order valence-electron chi connectivity index (χ1n) is 10.4. The highest BCUT2D eigenvalue weighted by molar-refractivity contribution is 7.82. The van der Waals surface area contributed by atoms with Crippen LogP contribution in [0, 0.1) is 0 Å². The number of methoxy groups -OCH3 is 1. The van der Waals surface area contributed by atoms with Crippen LogP contribution in [0.25, 0.3) is 0 Å². The van der Waals surface area contributed by atoms with Crippen LogP contribution in [0.2, 0.25) is 0 Å². The topological polar surface area (TPSA) is 88.2 Å². The first-order valence-corrected chi connectivity index (χ1v) is 11.5. The molecule has 2 aromatic carbocycles. The zero-order valence-electron chi connectivity index (χ0n) is 18.8. The third kappa shape index (κ3) is 6.30. The van der Waals surface area contributed by atoms with Crippen LogP contribution >= 0.6 is 0 Å². The first-order chi connectivity index (χ1) is 15.2. The number of hydrogen-bond acceptors (Lipinski definition) is 5. The summed E-state index contributed by atoms with van der Waals surface area (Å²) in [4.78, 5) is 27.1. The number of carbonyl (C=O) groups excluding carboxylic acids is 2. The van der Waals surface area contributed by atoms with Crippen LogP contribution < -0.4 is 10.1 Å². The lowest BCUT2D eigenvalue weighted by Gasteiger charge is -2.34. The molecule has 9 heteroatoms. The molecule has 0 radical (unpaired) electrons. The second-order valence-electron chi connectivity index (χ2n) is 8.36. The molecule has 1 aliphatic rings. The van der Waals surface area contributed by atoms with E-state index >= 15 is 0 Å². The molecule has 3 rings (SSSR count). The van der Waals surface area contributed by atoms with Gasteiger partial charge >= 0.3 is 6.09 Å². The van der Waals surface area contributed by atoms with Crippen molar-refractivity contribution in [3.63, 3.8) is 0 Å². The Labute approximate surface area is 191 Å². The minimum absolute atomic E-state index is 0.299. The van der Waals surface area contributed by atoms with E-state index < -0.39 is 16.6 Å². The van der Waals surface area contributed by atoms with Crippen molar-refractivity contribution in [2.45, 2.75) is 31.3 Å². The van der Waals surface area contributed by atoms with Crippen LogP contribution in [0.3, 0.4) is 0 Å². The summed E-state index contributed by atoms with van der Waals surface area (Å²) in [6, 6.07) is 13.8. The van der Waals surface area contributed by atoms with Gasteiger partial charge in [0.25, 0.3) is 5.91 Å². The number of carbonyl (C=O) groups is 2. The van der Waals surface area contributed by atoms with Crippen molar-refractivity contribution in [3.8, 4) is 5.75 Å². The molecule has 1 heterocycles. The second kappa shape index (κ2) is 10.1. The number of amides is 2. The molecular formula is C23H29N3O5S. The first kappa shape index (κ1) is 23.7. The largest absolute Gasteiger partial charge is 0.497 e. The van der Waals surface area contributed by atoms with Crippen molar-refractivity contribution in [1.29, 1.82) is 0 Å². The van der Waals surface area contributed by atoms with Crippen LogP contribution in [0.5, 0.6) is 5.75 Å². The SMILES string of the molecule is COc1cccc(NC(=O)c2cccc(S(=O)N3CCN(C(=O)OC(C)(C)C)CC3)c2)c1. The number of hydrogen-bond donors (Lipinski definition) is 1. The number of rotatable bonds is 5. The van der Waals surface area contributed by atoms with Gasteiger partial charge in [-0.05, 0) is 51.1 Å². The summed E-state index contributed by atoms with van der Waals surface area (Å²) in [5.74, 6) is 0.343. The summed E-state index contributed by atoms with van der Waals surface area (Å²) < 4.78 is 25.4. The Kier molecular flexibility index (Phi) is 7.52. The molecule has 0 aliphatic carbocycles. The van der Waals surface area contributed by atoms with Crippen LogP contribution in [0.1, 0.15) is 31.1 Å². The monoisotopic (exact) mass is 459 g/mol. The van der Waals surface area contributed by atoms with Crippen molar-refractivity contribution in [2.75, 3.05) is 38.6 Å². The number of nitrogens with one attached hydrogen (secondary N) is 1. The van der Waals surface area contributed by atoms with E-state index in [1.54, 1.807) is 64.8 Å². The Bertz CT molecular complexity index is 997. The van der Waals surface area contributed by atoms with Gasteiger partial charge in [-0.25, -0.2) is 13.3 Å². The lowest BCUT2D eigenvalue weighted by Crippen LogP contribution is -2.50. The van der Waals surface area contributed by atoms with Crippen molar-refractivity contribution in [3.05, 3.63) is 54.1 Å². The minimum atomic E-state index is -1.44. The van der Waals surface area contributed by atoms with Gasteiger partial charge < -0.3 is 19.7 Å². The predicted octanol–water partition coefficient (Wildman–Crippen LogP) is 3.52. The van der Waals surface area contributed by atoms with Crippen LogP contribution in [0.15, 0.2) is 53.4 Å². The van der Waals surface area contributed by atoms with Gasteiger partial charge in [-0.2, -0.15) is 0 Å². The molecule has 0 aromatic heterocycles. The lowest BCUT2D eigenvalue weighted by atomic mass is 10.2. The normalized spacial score (nSPS) is 15.7. The Morgan fingerprint density at radius 1 is 1.00 bits per heavy atom. The zero-order valence-corrected chi connectivity index (χ0v) is 19.6. The van der Waals surface area contributed by atoms with Crippen LogP contribution in [-0.2, 0) is 15.7 Å². The molecular weight excluding hydrogens is 430 g/mol. The standard InChI is InChI=1S/C23H29N3O5S/c1-23(2,3)31-22(28)25-11-13-26(14-12-25)32(29)20-10-5-7-17(15-20)21(27)24-18-8-6-9-19(16-18)30-4/h5-10,15-16H,11-14H2,1-4H3,(H,24,27). The van der Waals surface area contributed by atoms with E-state index in [-0.39, 0.29) is 12.0 Å². The highest BCUT2D eigenvalue weighted by atomic mass is 32.2. The van der Waals surface area contributed by atoms with Gasteiger partial charge in [0, 0.05) is 43.5 Å². The number of piperazine rings is 1. The average Bonchev–Trinajstić information content (AvgIpc) is 2.77. The maximum absolute atomic E-state index is 13.1. The molecule has 1 saturated heterocycles. The van der Waals surface area contributed by atoms with E-state index in [2.05, 4.69) is 5.32 Å². The second-order valence-corrected chi connectivity index (χ2v) is 9.85. The molecule has 1 aliphatic heterocycles. The van der Waals surface area contributed by atoms with E-state index in [9.17, 15) is 13.8 Å². The van der Waals surface area contributed by atoms with Crippen molar-refractivity contribution in [2.24, 2.45) is 0 Å². The maximum Gasteiger partial charge on any atom is 0.410 e. The third-order valence-corrected chi connectivity index (χ3v) is 6.24. The molecule has 1 atom stereocenters. The summed E-state index contributed by atoms with van der Waals surface area (Å²) in [7, 11) is 0.122. The molecule has 172 valence electrons. The van der Waals surface area contributed by atoms with E-state index in [4.69, 9.17) is 9.47 Å². The molecule has 1 unspecified atom stereocenters. The predicted molar refractivity (Wildman–Crippen MR) is 123 cm³/mol. The minimum Gasteiger partial charge on any atom is -0.497 e. The maximum atomic E-state index is 13.1. The van der Waals surface area contributed by atoms with Gasteiger partial charge in [0.2, 0.25) is 0 Å². The van der Waals surface area contributed by atoms with Gasteiger partial charge in [-0.15, -0.1) is 0 Å². The van der Waals surface area contributed by atoms with Crippen LogP contribution in [0.4, 0.5) is 10.5 Å². The summed E-state index contributed by atoms with van der Waals surface area (Å²) in [6.07, 6.45) is -0.362. The number of nitrogens with zero attached hydrogens (tertiary/aromatic N) is 2. The molecule has 0 bridgehead atoms. The summed E-state index contributed by atoms with van der Waals surface area (Å²) in [5, 5.41) is 2.83. The molecule has 0 saturated carbocycles. The molecule has 1 fully saturated rings. The number of ether oxygens (including phenoxy) is 2. The molecule has 2 aromatic rings. The fourth-order valence-electron chi connectivity index (χ4n) is 3.16. The Morgan fingerprint density at radius 2 is 1.69 bits per heavy atom. The smallest absolute Gasteiger partial charge is 0.410 e. The van der Waals surface area contributed by atoms with E-state index in [0.717, 1.165) is 0 Å². The number of benzene rings is 2. The molecule has 8 nitrogen and oxygen atoms in total. The fourth-order valence-corrected chi connectivity index (χ4v) is 4.38. The Morgan fingerprint density at radius 3 is 2.34 bits per heavy atom. The number of anilines is 1. The molecule has 2 amide bonds. The van der Waals surface area contributed by atoms with Gasteiger partial charge in [0.1, 0.15) is 22.3 Å². The highest BCUT2D eigenvalue weighted by Gasteiger charge is 2.28. The van der Waals surface area contributed by atoms with E-state index in [1.165, 1.54) is 0 Å². The van der Waals surface area contributed by atoms with Gasteiger partial charge in [-0.3, -0.25) is 4.79 Å². The Hall–Kier alpha value is -2.91. The van der Waals surface area contributed by atoms with Gasteiger partial charge in [0.15, 0.2) is 0 Å². The Balaban J connectivity index is 1.62. The van der Waals surface area contributed by atoms with E-state index in [1.807, 2.05) is 20.8 Å². The summed E-state index contributed by atoms with van der Waals surface area (Å²) >= 11 is 0. The summed E-state index contributed by atoms with van der Waals surface area (Å²) in [6.45, 7) is 7.24. The summed E-state index contributed by atoms with van der Waals surface area (Å²) in [5.41, 5.74) is 0.466. The third-order valence-electron chi connectivity index (χ3n) is 4.75. The van der Waals surface area contributed by atoms with Crippen molar-refractivity contribution < 1.29 is 23.3 Å². The van der Waals surface area contributed by atoms with Crippen molar-refractivity contribution in [1.82, 2.24) is 9.21 Å². The molecule has 32 heavy (non-hydrogen) atoms. The molecule has 0 spiro atoms.